The van der Waals surface area contributed by atoms with Crippen LogP contribution in [0, 0.1) is 0 Å². The molecule has 0 aromatic carbocycles. The Balaban J connectivity index is 1.87. The number of hydrogen-bond acceptors (Lipinski definition) is 4. The highest BCUT2D eigenvalue weighted by Gasteiger charge is 2.55. The third-order valence-electron chi connectivity index (χ3n) is 3.97. The maximum Gasteiger partial charge on any atom is 0.234 e. The average molecular weight is 290 g/mol. The van der Waals surface area contributed by atoms with E-state index in [0.29, 0.717) is 0 Å². The Labute approximate surface area is 122 Å². The van der Waals surface area contributed by atoms with Gasteiger partial charge in [-0.2, -0.15) is 0 Å². The molecule has 0 unspecified atom stereocenters. The monoisotopic (exact) mass is 290 g/mol. The lowest BCUT2D eigenvalue weighted by Crippen LogP contribution is -2.39. The predicted molar refractivity (Wildman–Crippen MR) is 78.7 cm³/mol. The number of rotatable bonds is 5. The fourth-order valence-corrected chi connectivity index (χ4v) is 3.23. The lowest BCUT2D eigenvalue weighted by molar-refractivity contribution is -0.133. The van der Waals surface area contributed by atoms with Crippen LogP contribution in [0.2, 0.25) is 0 Å². The SMILES string of the molecule is CCN(CC)C(=O)C1(c2cc(-c3cccs3)on2)CC1. The van der Waals surface area contributed by atoms with Crippen molar-refractivity contribution in [1.29, 1.82) is 0 Å². The van der Waals surface area contributed by atoms with Crippen LogP contribution in [0.5, 0.6) is 0 Å². The molecule has 1 amide bonds. The van der Waals surface area contributed by atoms with Gasteiger partial charge in [0.05, 0.1) is 16.0 Å². The second-order valence-electron chi connectivity index (χ2n) is 5.11. The number of aromatic nitrogens is 1. The van der Waals surface area contributed by atoms with E-state index in [9.17, 15) is 4.79 Å². The number of carbonyl (C=O) groups is 1. The van der Waals surface area contributed by atoms with Gasteiger partial charge >= 0.3 is 0 Å². The number of thiophene rings is 1. The summed E-state index contributed by atoms with van der Waals surface area (Å²) in [5.74, 6) is 0.946. The van der Waals surface area contributed by atoms with Gasteiger partial charge in [0.25, 0.3) is 0 Å². The molecule has 2 aromatic heterocycles. The normalized spacial score (nSPS) is 16.1. The van der Waals surface area contributed by atoms with Crippen molar-refractivity contribution >= 4 is 17.2 Å². The molecule has 2 aromatic rings. The van der Waals surface area contributed by atoms with Gasteiger partial charge in [-0.1, -0.05) is 11.2 Å². The third kappa shape index (κ3) is 2.06. The summed E-state index contributed by atoms with van der Waals surface area (Å²) in [6.45, 7) is 5.51. The first-order valence-corrected chi connectivity index (χ1v) is 7.89. The van der Waals surface area contributed by atoms with E-state index in [4.69, 9.17) is 4.52 Å². The zero-order chi connectivity index (χ0) is 14.2. The first kappa shape index (κ1) is 13.4. The molecule has 0 saturated heterocycles. The lowest BCUT2D eigenvalue weighted by atomic mass is 10.00. The molecule has 0 aliphatic heterocycles. The Morgan fingerprint density at radius 3 is 2.75 bits per heavy atom. The summed E-state index contributed by atoms with van der Waals surface area (Å²) in [4.78, 5) is 15.6. The topological polar surface area (TPSA) is 46.3 Å². The van der Waals surface area contributed by atoms with Gasteiger partial charge in [0.2, 0.25) is 5.91 Å². The molecule has 1 aliphatic rings. The van der Waals surface area contributed by atoms with Gasteiger partial charge in [0.15, 0.2) is 5.76 Å². The average Bonchev–Trinajstić information content (AvgIpc) is 2.92. The molecule has 1 fully saturated rings. The Hall–Kier alpha value is -1.62. The first-order valence-electron chi connectivity index (χ1n) is 7.01. The molecule has 0 spiro atoms. The summed E-state index contributed by atoms with van der Waals surface area (Å²) in [7, 11) is 0. The Bertz CT molecular complexity index is 595. The standard InChI is InChI=1S/C15H18N2O2S/c1-3-17(4-2)14(18)15(7-8-15)13-10-11(19-16-13)12-6-5-9-20-12/h5-6,9-10H,3-4,7-8H2,1-2H3. The van der Waals surface area contributed by atoms with Crippen LogP contribution in [0.1, 0.15) is 32.4 Å². The molecule has 4 nitrogen and oxygen atoms in total. The summed E-state index contributed by atoms with van der Waals surface area (Å²) in [5.41, 5.74) is 0.364. The highest BCUT2D eigenvalue weighted by molar-refractivity contribution is 7.13. The molecule has 0 atom stereocenters. The van der Waals surface area contributed by atoms with Gasteiger partial charge in [-0.05, 0) is 38.1 Å². The van der Waals surface area contributed by atoms with E-state index in [1.807, 2.05) is 42.3 Å². The minimum atomic E-state index is -0.426. The van der Waals surface area contributed by atoms with E-state index in [0.717, 1.165) is 42.3 Å². The molecule has 5 heteroatoms. The van der Waals surface area contributed by atoms with Crippen molar-refractivity contribution in [3.63, 3.8) is 0 Å². The van der Waals surface area contributed by atoms with E-state index in [2.05, 4.69) is 5.16 Å². The Morgan fingerprint density at radius 2 is 2.20 bits per heavy atom. The highest BCUT2D eigenvalue weighted by atomic mass is 32.1. The van der Waals surface area contributed by atoms with Crippen molar-refractivity contribution in [2.45, 2.75) is 32.1 Å². The van der Waals surface area contributed by atoms with Crippen LogP contribution in [0.25, 0.3) is 10.6 Å². The van der Waals surface area contributed by atoms with Crippen LogP contribution in [0.3, 0.4) is 0 Å². The molecule has 106 valence electrons. The van der Waals surface area contributed by atoms with E-state index in [-0.39, 0.29) is 5.91 Å². The summed E-state index contributed by atoms with van der Waals surface area (Å²) in [6, 6.07) is 5.91. The van der Waals surface area contributed by atoms with Gasteiger partial charge < -0.3 is 9.42 Å². The van der Waals surface area contributed by atoms with Crippen LogP contribution < -0.4 is 0 Å². The van der Waals surface area contributed by atoms with Crippen molar-refractivity contribution in [3.05, 3.63) is 29.3 Å². The van der Waals surface area contributed by atoms with Crippen molar-refractivity contribution in [3.8, 4) is 10.6 Å². The smallest absolute Gasteiger partial charge is 0.234 e. The number of hydrogen-bond donors (Lipinski definition) is 0. The summed E-state index contributed by atoms with van der Waals surface area (Å²) < 4.78 is 5.42. The van der Waals surface area contributed by atoms with Gasteiger partial charge in [-0.25, -0.2) is 0 Å². The second kappa shape index (κ2) is 5.05. The number of nitrogens with zero attached hydrogens (tertiary/aromatic N) is 2. The lowest BCUT2D eigenvalue weighted by Gasteiger charge is -2.23. The summed E-state index contributed by atoms with van der Waals surface area (Å²) in [6.07, 6.45) is 1.75. The van der Waals surface area contributed by atoms with Crippen molar-refractivity contribution in [1.82, 2.24) is 10.1 Å². The Morgan fingerprint density at radius 1 is 1.45 bits per heavy atom. The van der Waals surface area contributed by atoms with E-state index >= 15 is 0 Å². The fraction of sp³-hybridized carbons (Fsp3) is 0.467. The molecule has 0 radical (unpaired) electrons. The molecule has 3 rings (SSSR count). The van der Waals surface area contributed by atoms with E-state index in [1.165, 1.54) is 0 Å². The predicted octanol–water partition coefficient (Wildman–Crippen LogP) is 3.30. The fourth-order valence-electron chi connectivity index (χ4n) is 2.55. The van der Waals surface area contributed by atoms with Crippen LogP contribution >= 0.6 is 11.3 Å². The molecular formula is C15H18N2O2S. The zero-order valence-electron chi connectivity index (χ0n) is 11.8. The van der Waals surface area contributed by atoms with Crippen molar-refractivity contribution in [2.75, 3.05) is 13.1 Å². The van der Waals surface area contributed by atoms with Gasteiger partial charge in [-0.15, -0.1) is 11.3 Å². The number of amides is 1. The molecule has 0 bridgehead atoms. The molecule has 1 aliphatic carbocycles. The maximum absolute atomic E-state index is 12.6. The molecule has 2 heterocycles. The van der Waals surface area contributed by atoms with Crippen LogP contribution in [0.4, 0.5) is 0 Å². The van der Waals surface area contributed by atoms with Gasteiger partial charge in [0, 0.05) is 19.2 Å². The number of carbonyl (C=O) groups excluding carboxylic acids is 1. The maximum atomic E-state index is 12.6. The van der Waals surface area contributed by atoms with Gasteiger partial charge in [0.1, 0.15) is 0 Å². The summed E-state index contributed by atoms with van der Waals surface area (Å²) >= 11 is 1.62. The van der Waals surface area contributed by atoms with Crippen LogP contribution in [0.15, 0.2) is 28.1 Å². The largest absolute Gasteiger partial charge is 0.355 e. The van der Waals surface area contributed by atoms with Crippen LogP contribution in [-0.2, 0) is 10.2 Å². The summed E-state index contributed by atoms with van der Waals surface area (Å²) in [5, 5.41) is 6.17. The first-order chi connectivity index (χ1) is 9.71. The molecule has 20 heavy (non-hydrogen) atoms. The van der Waals surface area contributed by atoms with E-state index in [1.54, 1.807) is 11.3 Å². The third-order valence-corrected chi connectivity index (χ3v) is 4.86. The highest BCUT2D eigenvalue weighted by Crippen LogP contribution is 2.49. The second-order valence-corrected chi connectivity index (χ2v) is 6.06. The zero-order valence-corrected chi connectivity index (χ0v) is 12.6. The van der Waals surface area contributed by atoms with Gasteiger partial charge in [-0.3, -0.25) is 4.79 Å². The quantitative estimate of drug-likeness (QED) is 0.848. The number of likely N-dealkylation sites (N-methyl/N-ethyl adjacent to an activating group) is 1. The van der Waals surface area contributed by atoms with E-state index < -0.39 is 5.41 Å². The molecular weight excluding hydrogens is 272 g/mol. The Kier molecular flexibility index (Phi) is 3.38. The van der Waals surface area contributed by atoms with Crippen molar-refractivity contribution < 1.29 is 9.32 Å². The minimum absolute atomic E-state index is 0.188. The van der Waals surface area contributed by atoms with Crippen LogP contribution in [-0.4, -0.2) is 29.1 Å². The van der Waals surface area contributed by atoms with Crippen molar-refractivity contribution in [2.24, 2.45) is 0 Å². The molecule has 1 saturated carbocycles. The minimum Gasteiger partial charge on any atom is -0.355 e. The molecule has 0 N–H and O–H groups in total.